The molecule has 1 aliphatic rings. The van der Waals surface area contributed by atoms with Crippen molar-refractivity contribution in [2.24, 2.45) is 0 Å². The number of aromatic amines is 1. The van der Waals surface area contributed by atoms with Gasteiger partial charge in [0.25, 0.3) is 11.5 Å². The van der Waals surface area contributed by atoms with Gasteiger partial charge in [0.15, 0.2) is 0 Å². The molecule has 3 heterocycles. The van der Waals surface area contributed by atoms with Crippen LogP contribution in [0.5, 0.6) is 5.88 Å². The van der Waals surface area contributed by atoms with E-state index in [4.69, 9.17) is 16.3 Å². The van der Waals surface area contributed by atoms with Gasteiger partial charge in [0.2, 0.25) is 5.88 Å². The number of aryl methyl sites for hydroxylation is 2. The summed E-state index contributed by atoms with van der Waals surface area (Å²) in [6.45, 7) is 8.23. The summed E-state index contributed by atoms with van der Waals surface area (Å²) < 4.78 is 5.60. The maximum absolute atomic E-state index is 13.0. The predicted octanol–water partition coefficient (Wildman–Crippen LogP) is 3.03. The highest BCUT2D eigenvalue weighted by Crippen LogP contribution is 2.33. The molecule has 0 saturated heterocycles. The Morgan fingerprint density at radius 2 is 2.08 bits per heavy atom. The van der Waals surface area contributed by atoms with Gasteiger partial charge in [0.05, 0.1) is 18.2 Å². The SMILES string of the molecule is Cc1cc(C)c(CN2CCc3cnc(OC(C)C)c(Cl)c3C2=O)c(=O)[nH]1. The van der Waals surface area contributed by atoms with Gasteiger partial charge in [0, 0.05) is 24.0 Å². The predicted molar refractivity (Wildman–Crippen MR) is 100.0 cm³/mol. The summed E-state index contributed by atoms with van der Waals surface area (Å²) in [5, 5.41) is 0.237. The smallest absolute Gasteiger partial charge is 0.256 e. The highest BCUT2D eigenvalue weighted by molar-refractivity contribution is 6.35. The van der Waals surface area contributed by atoms with E-state index in [9.17, 15) is 9.59 Å². The molecule has 1 amide bonds. The molecule has 7 heteroatoms. The molecule has 3 rings (SSSR count). The molecule has 2 aromatic heterocycles. The average Bonchev–Trinajstić information content (AvgIpc) is 2.54. The summed E-state index contributed by atoms with van der Waals surface area (Å²) in [6.07, 6.45) is 2.19. The number of halogens is 1. The van der Waals surface area contributed by atoms with E-state index in [0.29, 0.717) is 24.1 Å². The molecule has 2 aromatic rings. The van der Waals surface area contributed by atoms with Crippen LogP contribution in [0.4, 0.5) is 0 Å². The number of carbonyl (C=O) groups is 1. The number of hydrogen-bond donors (Lipinski definition) is 1. The van der Waals surface area contributed by atoms with Crippen LogP contribution in [0.3, 0.4) is 0 Å². The minimum atomic E-state index is -0.202. The molecular formula is C19H22ClN3O3. The van der Waals surface area contributed by atoms with E-state index >= 15 is 0 Å². The fraction of sp³-hybridized carbons (Fsp3) is 0.421. The molecule has 0 atom stereocenters. The molecule has 0 unspecified atom stereocenters. The van der Waals surface area contributed by atoms with Gasteiger partial charge >= 0.3 is 0 Å². The molecule has 1 N–H and O–H groups in total. The second-order valence-electron chi connectivity index (χ2n) is 6.86. The van der Waals surface area contributed by atoms with Crippen LogP contribution in [0, 0.1) is 13.8 Å². The fourth-order valence-electron chi connectivity index (χ4n) is 3.17. The van der Waals surface area contributed by atoms with Crippen LogP contribution in [-0.4, -0.2) is 33.4 Å². The van der Waals surface area contributed by atoms with Crippen molar-refractivity contribution in [1.82, 2.24) is 14.9 Å². The number of carbonyl (C=O) groups excluding carboxylic acids is 1. The zero-order valence-corrected chi connectivity index (χ0v) is 16.1. The number of amides is 1. The van der Waals surface area contributed by atoms with Gasteiger partial charge in [-0.15, -0.1) is 0 Å². The summed E-state index contributed by atoms with van der Waals surface area (Å²) >= 11 is 6.41. The lowest BCUT2D eigenvalue weighted by Crippen LogP contribution is -2.39. The summed E-state index contributed by atoms with van der Waals surface area (Å²) in [7, 11) is 0. The van der Waals surface area contributed by atoms with E-state index in [0.717, 1.165) is 16.8 Å². The van der Waals surface area contributed by atoms with Crippen molar-refractivity contribution in [2.75, 3.05) is 6.54 Å². The number of nitrogens with zero attached hydrogens (tertiary/aromatic N) is 2. The number of hydrogen-bond acceptors (Lipinski definition) is 4. The van der Waals surface area contributed by atoms with Gasteiger partial charge in [-0.2, -0.15) is 0 Å². The first-order valence-electron chi connectivity index (χ1n) is 8.60. The molecule has 1 aliphatic heterocycles. The van der Waals surface area contributed by atoms with E-state index in [1.54, 1.807) is 11.1 Å². The third kappa shape index (κ3) is 3.46. The van der Waals surface area contributed by atoms with E-state index in [1.165, 1.54) is 0 Å². The second kappa shape index (κ2) is 7.11. The molecule has 138 valence electrons. The van der Waals surface area contributed by atoms with E-state index < -0.39 is 0 Å². The molecule has 6 nitrogen and oxygen atoms in total. The number of aromatic nitrogens is 2. The third-order valence-electron chi connectivity index (χ3n) is 4.41. The molecule has 0 aliphatic carbocycles. The van der Waals surface area contributed by atoms with Crippen LogP contribution in [0.1, 0.15) is 46.6 Å². The lowest BCUT2D eigenvalue weighted by Gasteiger charge is -2.29. The Hall–Kier alpha value is -2.34. The Kier molecular flexibility index (Phi) is 5.05. The Morgan fingerprint density at radius 1 is 1.35 bits per heavy atom. The minimum Gasteiger partial charge on any atom is -0.474 e. The molecule has 0 bridgehead atoms. The van der Waals surface area contributed by atoms with Crippen molar-refractivity contribution in [3.05, 3.63) is 55.6 Å². The fourth-order valence-corrected chi connectivity index (χ4v) is 3.46. The van der Waals surface area contributed by atoms with Gasteiger partial charge in [-0.3, -0.25) is 9.59 Å². The van der Waals surface area contributed by atoms with E-state index in [-0.39, 0.29) is 35.0 Å². The first kappa shape index (κ1) is 18.5. The normalized spacial score (nSPS) is 13.9. The first-order valence-corrected chi connectivity index (χ1v) is 8.98. The quantitative estimate of drug-likeness (QED) is 0.891. The number of nitrogens with one attached hydrogen (secondary N) is 1. The Morgan fingerprint density at radius 3 is 2.73 bits per heavy atom. The van der Waals surface area contributed by atoms with Crippen LogP contribution in [0.15, 0.2) is 17.1 Å². The Labute approximate surface area is 157 Å². The lowest BCUT2D eigenvalue weighted by molar-refractivity contribution is 0.0725. The monoisotopic (exact) mass is 375 g/mol. The van der Waals surface area contributed by atoms with Gasteiger partial charge in [-0.25, -0.2) is 4.98 Å². The number of fused-ring (bicyclic) bond motifs is 1. The standard InChI is InChI=1S/C19H22ClN3O3/c1-10(2)26-18-16(20)15-13(8-21-18)5-6-23(19(15)25)9-14-11(3)7-12(4)22-17(14)24/h7-8,10H,5-6,9H2,1-4H3,(H,22,24). The molecular weight excluding hydrogens is 354 g/mol. The van der Waals surface area contributed by atoms with E-state index in [2.05, 4.69) is 9.97 Å². The van der Waals surface area contributed by atoms with Crippen LogP contribution in [0.2, 0.25) is 5.02 Å². The maximum Gasteiger partial charge on any atom is 0.256 e. The number of pyridine rings is 2. The molecule has 0 aromatic carbocycles. The maximum atomic E-state index is 13.0. The topological polar surface area (TPSA) is 75.3 Å². The third-order valence-corrected chi connectivity index (χ3v) is 4.76. The lowest BCUT2D eigenvalue weighted by atomic mass is 10.00. The average molecular weight is 376 g/mol. The van der Waals surface area contributed by atoms with Gasteiger partial charge < -0.3 is 14.6 Å². The van der Waals surface area contributed by atoms with Gasteiger partial charge in [-0.1, -0.05) is 11.6 Å². The van der Waals surface area contributed by atoms with E-state index in [1.807, 2.05) is 33.8 Å². The summed E-state index contributed by atoms with van der Waals surface area (Å²) in [4.78, 5) is 34.0. The molecule has 0 spiro atoms. The van der Waals surface area contributed by atoms with Crippen molar-refractivity contribution in [3.63, 3.8) is 0 Å². The highest BCUT2D eigenvalue weighted by atomic mass is 35.5. The molecule has 26 heavy (non-hydrogen) atoms. The number of ether oxygens (including phenoxy) is 1. The Bertz CT molecular complexity index is 921. The van der Waals surface area contributed by atoms with Crippen molar-refractivity contribution in [1.29, 1.82) is 0 Å². The van der Waals surface area contributed by atoms with Crippen LogP contribution >= 0.6 is 11.6 Å². The number of rotatable bonds is 4. The van der Waals surface area contributed by atoms with Crippen LogP contribution in [-0.2, 0) is 13.0 Å². The highest BCUT2D eigenvalue weighted by Gasteiger charge is 2.30. The zero-order valence-electron chi connectivity index (χ0n) is 15.4. The number of H-pyrrole nitrogens is 1. The largest absolute Gasteiger partial charge is 0.474 e. The van der Waals surface area contributed by atoms with Crippen LogP contribution < -0.4 is 10.3 Å². The first-order chi connectivity index (χ1) is 12.3. The summed E-state index contributed by atoms with van der Waals surface area (Å²) in [6, 6.07) is 1.91. The second-order valence-corrected chi connectivity index (χ2v) is 7.24. The molecule has 0 saturated carbocycles. The van der Waals surface area contributed by atoms with Crippen molar-refractivity contribution < 1.29 is 9.53 Å². The van der Waals surface area contributed by atoms with Crippen molar-refractivity contribution >= 4 is 17.5 Å². The van der Waals surface area contributed by atoms with Gasteiger partial charge in [-0.05, 0) is 51.3 Å². The van der Waals surface area contributed by atoms with Crippen LogP contribution in [0.25, 0.3) is 0 Å². The van der Waals surface area contributed by atoms with Gasteiger partial charge in [0.1, 0.15) is 5.02 Å². The Balaban J connectivity index is 1.94. The van der Waals surface area contributed by atoms with Crippen molar-refractivity contribution in [2.45, 2.75) is 46.8 Å². The molecule has 0 radical (unpaired) electrons. The summed E-state index contributed by atoms with van der Waals surface area (Å²) in [5.41, 5.74) is 3.33. The molecule has 0 fully saturated rings. The van der Waals surface area contributed by atoms with Crippen molar-refractivity contribution in [3.8, 4) is 5.88 Å². The minimum absolute atomic E-state index is 0.0957. The zero-order chi connectivity index (χ0) is 19.0. The summed E-state index contributed by atoms with van der Waals surface area (Å²) in [5.74, 6) is 0.0617.